The molecule has 0 radical (unpaired) electrons. The van der Waals surface area contributed by atoms with Gasteiger partial charge in [0.1, 0.15) is 0 Å². The lowest BCUT2D eigenvalue weighted by Gasteiger charge is -2.33. The molecule has 21 heavy (non-hydrogen) atoms. The van der Waals surface area contributed by atoms with Gasteiger partial charge >= 0.3 is 0 Å². The lowest BCUT2D eigenvalue weighted by atomic mass is 9.77. The summed E-state index contributed by atoms with van der Waals surface area (Å²) in [6.07, 6.45) is 4.94. The van der Waals surface area contributed by atoms with Gasteiger partial charge in [0, 0.05) is 37.6 Å². The van der Waals surface area contributed by atoms with E-state index >= 15 is 0 Å². The van der Waals surface area contributed by atoms with Crippen molar-refractivity contribution in [3.8, 4) is 0 Å². The smallest absolute Gasteiger partial charge is 0.0847 e. The first-order chi connectivity index (χ1) is 10.1. The summed E-state index contributed by atoms with van der Waals surface area (Å²) < 4.78 is 7.96. The molecule has 1 saturated heterocycles. The van der Waals surface area contributed by atoms with E-state index in [9.17, 15) is 0 Å². The normalized spacial score (nSPS) is 29.2. The average molecular weight is 312 g/mol. The van der Waals surface area contributed by atoms with Crippen LogP contribution in [0.1, 0.15) is 44.5 Å². The Morgan fingerprint density at radius 1 is 1.48 bits per heavy atom. The first-order valence-corrected chi connectivity index (χ1v) is 8.50. The van der Waals surface area contributed by atoms with Crippen LogP contribution in [0.2, 0.25) is 5.02 Å². The topological polar surface area (TPSA) is 39.1 Å². The van der Waals surface area contributed by atoms with Crippen molar-refractivity contribution < 1.29 is 4.74 Å². The fraction of sp³-hybridized carbons (Fsp3) is 0.812. The highest BCUT2D eigenvalue weighted by Crippen LogP contribution is 2.40. The maximum atomic E-state index is 6.51. The quantitative estimate of drug-likeness (QED) is 0.878. The Balaban J connectivity index is 1.83. The third kappa shape index (κ3) is 2.99. The molecule has 0 aromatic carbocycles. The lowest BCUT2D eigenvalue weighted by Crippen LogP contribution is -2.42. The molecule has 2 aliphatic rings. The SMILES string of the molecule is CCn1nc(C)c(Cl)c1CC1(CNC2CC2)CCOC1C. The minimum atomic E-state index is 0.144. The number of ether oxygens (including phenoxy) is 1. The second-order valence-electron chi connectivity index (χ2n) is 6.62. The number of hydrogen-bond donors (Lipinski definition) is 1. The summed E-state index contributed by atoms with van der Waals surface area (Å²) >= 11 is 6.51. The van der Waals surface area contributed by atoms with Crippen LogP contribution in [0.5, 0.6) is 0 Å². The van der Waals surface area contributed by atoms with Gasteiger partial charge in [-0.25, -0.2) is 0 Å². The van der Waals surface area contributed by atoms with E-state index in [-0.39, 0.29) is 11.5 Å². The highest BCUT2D eigenvalue weighted by molar-refractivity contribution is 6.31. The fourth-order valence-corrected chi connectivity index (χ4v) is 3.55. The summed E-state index contributed by atoms with van der Waals surface area (Å²) in [5.41, 5.74) is 2.25. The zero-order valence-corrected chi connectivity index (χ0v) is 14.0. The Kier molecular flexibility index (Phi) is 4.30. The third-order valence-electron chi connectivity index (χ3n) is 5.12. The van der Waals surface area contributed by atoms with Gasteiger partial charge in [-0.3, -0.25) is 4.68 Å². The highest BCUT2D eigenvalue weighted by Gasteiger charge is 2.43. The first kappa shape index (κ1) is 15.3. The number of halogens is 1. The predicted octanol–water partition coefficient (Wildman–Crippen LogP) is 2.95. The minimum absolute atomic E-state index is 0.144. The Labute approximate surface area is 132 Å². The highest BCUT2D eigenvalue weighted by atomic mass is 35.5. The number of nitrogens with zero attached hydrogens (tertiary/aromatic N) is 2. The number of aromatic nitrogens is 2. The van der Waals surface area contributed by atoms with Crippen LogP contribution in [0.25, 0.3) is 0 Å². The van der Waals surface area contributed by atoms with Crippen LogP contribution in [-0.2, 0) is 17.7 Å². The van der Waals surface area contributed by atoms with Crippen molar-refractivity contribution in [2.75, 3.05) is 13.2 Å². The summed E-state index contributed by atoms with van der Waals surface area (Å²) in [6.45, 7) is 9.05. The maximum absolute atomic E-state index is 6.51. The van der Waals surface area contributed by atoms with Gasteiger partial charge in [-0.15, -0.1) is 0 Å². The van der Waals surface area contributed by atoms with E-state index in [0.717, 1.165) is 49.3 Å². The van der Waals surface area contributed by atoms with Crippen molar-refractivity contribution in [2.45, 2.75) is 65.1 Å². The number of hydrogen-bond acceptors (Lipinski definition) is 3. The van der Waals surface area contributed by atoms with E-state index in [1.54, 1.807) is 0 Å². The van der Waals surface area contributed by atoms with Crippen molar-refractivity contribution >= 4 is 11.6 Å². The Morgan fingerprint density at radius 2 is 2.24 bits per heavy atom. The summed E-state index contributed by atoms with van der Waals surface area (Å²) in [6, 6.07) is 0.725. The zero-order valence-electron chi connectivity index (χ0n) is 13.3. The van der Waals surface area contributed by atoms with Crippen LogP contribution in [0.4, 0.5) is 0 Å². The van der Waals surface area contributed by atoms with E-state index in [4.69, 9.17) is 16.3 Å². The van der Waals surface area contributed by atoms with Crippen molar-refractivity contribution in [3.05, 3.63) is 16.4 Å². The molecule has 0 amide bonds. The zero-order chi connectivity index (χ0) is 15.0. The molecule has 1 N–H and O–H groups in total. The Morgan fingerprint density at radius 3 is 2.81 bits per heavy atom. The molecule has 2 unspecified atom stereocenters. The molecular formula is C16H26ClN3O. The molecule has 2 fully saturated rings. The maximum Gasteiger partial charge on any atom is 0.0847 e. The number of rotatable bonds is 6. The van der Waals surface area contributed by atoms with Gasteiger partial charge in [0.15, 0.2) is 0 Å². The monoisotopic (exact) mass is 311 g/mol. The Bertz CT molecular complexity index is 512. The molecule has 1 saturated carbocycles. The van der Waals surface area contributed by atoms with Gasteiger partial charge in [-0.2, -0.15) is 5.10 Å². The van der Waals surface area contributed by atoms with Gasteiger partial charge in [-0.05, 0) is 40.0 Å². The molecule has 1 aromatic rings. The van der Waals surface area contributed by atoms with Crippen molar-refractivity contribution in [1.82, 2.24) is 15.1 Å². The molecule has 118 valence electrons. The molecule has 1 aliphatic carbocycles. The van der Waals surface area contributed by atoms with Gasteiger partial charge in [0.05, 0.1) is 22.5 Å². The largest absolute Gasteiger partial charge is 0.378 e. The molecule has 1 aromatic heterocycles. The van der Waals surface area contributed by atoms with Crippen LogP contribution in [0, 0.1) is 12.3 Å². The second kappa shape index (κ2) is 5.90. The second-order valence-corrected chi connectivity index (χ2v) is 7.00. The standard InChI is InChI=1S/C16H26ClN3O/c1-4-20-14(15(17)11(2)19-20)9-16(7-8-21-12(16)3)10-18-13-5-6-13/h12-13,18H,4-10H2,1-3H3. The molecule has 5 heteroatoms. The predicted molar refractivity (Wildman–Crippen MR) is 84.8 cm³/mol. The minimum Gasteiger partial charge on any atom is -0.378 e. The molecule has 2 heterocycles. The molecule has 2 atom stereocenters. The molecule has 0 spiro atoms. The van der Waals surface area contributed by atoms with E-state index < -0.39 is 0 Å². The van der Waals surface area contributed by atoms with Crippen LogP contribution in [0.3, 0.4) is 0 Å². The summed E-state index contributed by atoms with van der Waals surface area (Å²) in [5.74, 6) is 0. The summed E-state index contributed by atoms with van der Waals surface area (Å²) in [5, 5.41) is 9.09. The van der Waals surface area contributed by atoms with Crippen LogP contribution >= 0.6 is 11.6 Å². The van der Waals surface area contributed by atoms with E-state index in [1.807, 2.05) is 6.92 Å². The van der Waals surface area contributed by atoms with Crippen LogP contribution < -0.4 is 5.32 Å². The van der Waals surface area contributed by atoms with Crippen molar-refractivity contribution in [2.24, 2.45) is 5.41 Å². The van der Waals surface area contributed by atoms with E-state index in [0.29, 0.717) is 0 Å². The van der Waals surface area contributed by atoms with Gasteiger partial charge in [0.2, 0.25) is 0 Å². The third-order valence-corrected chi connectivity index (χ3v) is 5.61. The molecule has 3 rings (SSSR count). The molecule has 1 aliphatic heterocycles. The van der Waals surface area contributed by atoms with Crippen LogP contribution in [-0.4, -0.2) is 35.1 Å². The number of aryl methyl sites for hydroxylation is 2. The molecule has 4 nitrogen and oxygen atoms in total. The summed E-state index contributed by atoms with van der Waals surface area (Å²) in [7, 11) is 0. The first-order valence-electron chi connectivity index (χ1n) is 8.12. The van der Waals surface area contributed by atoms with E-state index in [2.05, 4.69) is 28.9 Å². The van der Waals surface area contributed by atoms with Crippen molar-refractivity contribution in [1.29, 1.82) is 0 Å². The van der Waals surface area contributed by atoms with Crippen molar-refractivity contribution in [3.63, 3.8) is 0 Å². The fourth-order valence-electron chi connectivity index (χ4n) is 3.35. The van der Waals surface area contributed by atoms with Gasteiger partial charge in [-0.1, -0.05) is 11.6 Å². The number of nitrogens with one attached hydrogen (secondary N) is 1. The molecular weight excluding hydrogens is 286 g/mol. The lowest BCUT2D eigenvalue weighted by molar-refractivity contribution is 0.0618. The van der Waals surface area contributed by atoms with E-state index in [1.165, 1.54) is 18.5 Å². The van der Waals surface area contributed by atoms with Gasteiger partial charge in [0.25, 0.3) is 0 Å². The van der Waals surface area contributed by atoms with Gasteiger partial charge < -0.3 is 10.1 Å². The average Bonchev–Trinajstić information content (AvgIpc) is 3.19. The van der Waals surface area contributed by atoms with Crippen LogP contribution in [0.15, 0.2) is 0 Å². The molecule has 0 bridgehead atoms. The summed E-state index contributed by atoms with van der Waals surface area (Å²) in [4.78, 5) is 0. The Hall–Kier alpha value is -0.580.